The molecule has 1 aromatic rings. The van der Waals surface area contributed by atoms with Gasteiger partial charge in [-0.05, 0) is 19.1 Å². The molecule has 0 amide bonds. The van der Waals surface area contributed by atoms with Gasteiger partial charge in [0.05, 0.1) is 0 Å². The summed E-state index contributed by atoms with van der Waals surface area (Å²) in [5.41, 5.74) is -5.11. The Kier molecular flexibility index (Phi) is 3.98. The van der Waals surface area contributed by atoms with Gasteiger partial charge in [-0.2, -0.15) is 21.6 Å². The maximum atomic E-state index is 12.3. The zero-order valence-corrected chi connectivity index (χ0v) is 12.2. The molecule has 2 atom stereocenters. The molecule has 0 spiro atoms. The number of hydrogen-bond acceptors (Lipinski definition) is 6. The van der Waals surface area contributed by atoms with Gasteiger partial charge >= 0.3 is 21.6 Å². The molecule has 1 heterocycles. The molecule has 0 saturated carbocycles. The molecule has 1 aromatic carbocycles. The minimum atomic E-state index is -5.76. The molecular weight excluding hydrogens is 329 g/mol. The first-order chi connectivity index (χ1) is 10.0. The van der Waals surface area contributed by atoms with Gasteiger partial charge in [0.2, 0.25) is 0 Å². The summed E-state index contributed by atoms with van der Waals surface area (Å²) < 4.78 is 73.0. The highest BCUT2D eigenvalue weighted by atomic mass is 32.2. The van der Waals surface area contributed by atoms with Crippen molar-refractivity contribution in [3.8, 4) is 11.5 Å². The van der Waals surface area contributed by atoms with Crippen molar-refractivity contribution < 1.29 is 40.0 Å². The fourth-order valence-corrected chi connectivity index (χ4v) is 2.38. The van der Waals surface area contributed by atoms with E-state index in [0.29, 0.717) is 5.56 Å². The topological polar surface area (TPSA) is 78.9 Å². The summed E-state index contributed by atoms with van der Waals surface area (Å²) >= 11 is 0. The van der Waals surface area contributed by atoms with Crippen molar-refractivity contribution in [1.29, 1.82) is 0 Å². The van der Waals surface area contributed by atoms with Gasteiger partial charge in [-0.25, -0.2) is 0 Å². The third kappa shape index (κ3) is 3.11. The van der Waals surface area contributed by atoms with Crippen LogP contribution in [-0.2, 0) is 19.6 Å². The van der Waals surface area contributed by atoms with Crippen LogP contribution in [0.5, 0.6) is 11.5 Å². The Hall–Kier alpha value is -1.97. The summed E-state index contributed by atoms with van der Waals surface area (Å²) in [5.74, 6) is -1.01. The Balaban J connectivity index is 2.28. The highest BCUT2D eigenvalue weighted by Gasteiger charge is 2.48. The fourth-order valence-electron chi connectivity index (χ4n) is 1.93. The number of rotatable bonds is 3. The summed E-state index contributed by atoms with van der Waals surface area (Å²) in [6, 6.07) is 3.31. The smallest absolute Gasteiger partial charge is 0.486 e. The lowest BCUT2D eigenvalue weighted by Crippen LogP contribution is -2.28. The summed E-state index contributed by atoms with van der Waals surface area (Å²) in [7, 11) is -5.76. The summed E-state index contributed by atoms with van der Waals surface area (Å²) in [6.07, 6.45) is -1.28. The summed E-state index contributed by atoms with van der Waals surface area (Å²) in [4.78, 5) is 11.0. The van der Waals surface area contributed by atoms with Crippen LogP contribution < -0.4 is 8.92 Å². The predicted molar refractivity (Wildman–Crippen MR) is 66.6 cm³/mol. The maximum absolute atomic E-state index is 12.3. The predicted octanol–water partition coefficient (Wildman–Crippen LogP) is 2.30. The molecule has 0 aromatic heterocycles. The second-order valence-corrected chi connectivity index (χ2v) is 6.07. The number of halogens is 3. The Morgan fingerprint density at radius 3 is 2.50 bits per heavy atom. The van der Waals surface area contributed by atoms with E-state index in [2.05, 4.69) is 4.18 Å². The first-order valence-electron chi connectivity index (χ1n) is 6.00. The molecule has 1 aliphatic rings. The number of fused-ring (bicyclic) bond motifs is 1. The molecule has 1 aliphatic heterocycles. The molecule has 0 bridgehead atoms. The number of carbonyl (C=O) groups excluding carboxylic acids is 1. The standard InChI is InChI=1S/C12H11F3O6S/c1-6-11(20-7(2)16)9-4-3-8(5-10(9)19-6)21-22(17,18)12(13,14)15/h3-6,11H,1-2H3/t6?,11-/m1/s1. The highest BCUT2D eigenvalue weighted by molar-refractivity contribution is 7.88. The molecule has 0 fully saturated rings. The van der Waals surface area contributed by atoms with Crippen molar-refractivity contribution in [1.82, 2.24) is 0 Å². The number of esters is 1. The molecule has 6 nitrogen and oxygen atoms in total. The molecular formula is C12H11F3O6S. The number of carbonyl (C=O) groups is 1. The van der Waals surface area contributed by atoms with Crippen molar-refractivity contribution in [3.05, 3.63) is 23.8 Å². The lowest BCUT2D eigenvalue weighted by atomic mass is 10.1. The Morgan fingerprint density at radius 1 is 1.32 bits per heavy atom. The maximum Gasteiger partial charge on any atom is 0.534 e. The second kappa shape index (κ2) is 5.34. The van der Waals surface area contributed by atoms with Crippen LogP contribution in [0.2, 0.25) is 0 Å². The fraction of sp³-hybridized carbons (Fsp3) is 0.417. The van der Waals surface area contributed by atoms with Crippen molar-refractivity contribution >= 4 is 16.1 Å². The Morgan fingerprint density at radius 2 is 1.95 bits per heavy atom. The summed E-state index contributed by atoms with van der Waals surface area (Å²) in [5, 5.41) is 0. The first-order valence-corrected chi connectivity index (χ1v) is 7.40. The number of ether oxygens (including phenoxy) is 2. The van der Waals surface area contributed by atoms with Gasteiger partial charge < -0.3 is 13.7 Å². The van der Waals surface area contributed by atoms with Crippen LogP contribution >= 0.6 is 0 Å². The zero-order chi connectivity index (χ0) is 16.7. The van der Waals surface area contributed by atoms with E-state index in [-0.39, 0.29) is 5.75 Å². The van der Waals surface area contributed by atoms with Gasteiger partial charge in [-0.3, -0.25) is 4.79 Å². The molecule has 10 heteroatoms. The number of benzene rings is 1. The SMILES string of the molecule is CC(=O)O[C@H]1c2ccc(OS(=O)(=O)C(F)(F)F)cc2OC1C. The van der Waals surface area contributed by atoms with E-state index in [9.17, 15) is 26.4 Å². The largest absolute Gasteiger partial charge is 0.534 e. The van der Waals surface area contributed by atoms with Gasteiger partial charge in [-0.1, -0.05) is 0 Å². The van der Waals surface area contributed by atoms with E-state index >= 15 is 0 Å². The first kappa shape index (κ1) is 16.4. The molecule has 122 valence electrons. The van der Waals surface area contributed by atoms with Crippen molar-refractivity contribution in [2.45, 2.75) is 31.6 Å². The quantitative estimate of drug-likeness (QED) is 0.477. The average Bonchev–Trinajstić information content (AvgIpc) is 2.62. The molecule has 22 heavy (non-hydrogen) atoms. The van der Waals surface area contributed by atoms with E-state index in [1.165, 1.54) is 13.0 Å². The molecule has 0 saturated heterocycles. The average molecular weight is 340 g/mol. The van der Waals surface area contributed by atoms with Crippen LogP contribution in [0.15, 0.2) is 18.2 Å². The van der Waals surface area contributed by atoms with Crippen LogP contribution in [0.4, 0.5) is 13.2 Å². The van der Waals surface area contributed by atoms with Gasteiger partial charge in [0.1, 0.15) is 17.6 Å². The number of hydrogen-bond donors (Lipinski definition) is 0. The van der Waals surface area contributed by atoms with Crippen LogP contribution in [-0.4, -0.2) is 26.0 Å². The van der Waals surface area contributed by atoms with E-state index < -0.39 is 39.6 Å². The monoisotopic (exact) mass is 340 g/mol. The summed E-state index contributed by atoms with van der Waals surface area (Å²) in [6.45, 7) is 2.80. The van der Waals surface area contributed by atoms with Crippen molar-refractivity contribution in [2.75, 3.05) is 0 Å². The van der Waals surface area contributed by atoms with Crippen LogP contribution in [0, 0.1) is 0 Å². The van der Waals surface area contributed by atoms with Crippen molar-refractivity contribution in [3.63, 3.8) is 0 Å². The molecule has 1 unspecified atom stereocenters. The van der Waals surface area contributed by atoms with E-state index in [4.69, 9.17) is 9.47 Å². The third-order valence-electron chi connectivity index (χ3n) is 2.81. The zero-order valence-electron chi connectivity index (χ0n) is 11.4. The van der Waals surface area contributed by atoms with Gasteiger partial charge in [0.15, 0.2) is 6.10 Å². The normalized spacial score (nSPS) is 21.0. The van der Waals surface area contributed by atoms with Crippen LogP contribution in [0.25, 0.3) is 0 Å². The molecule has 0 N–H and O–H groups in total. The minimum Gasteiger partial charge on any atom is -0.486 e. The van der Waals surface area contributed by atoms with Crippen LogP contribution in [0.3, 0.4) is 0 Å². The van der Waals surface area contributed by atoms with Gasteiger partial charge in [0, 0.05) is 18.6 Å². The Labute approximate surface area is 123 Å². The van der Waals surface area contributed by atoms with Gasteiger partial charge in [0.25, 0.3) is 0 Å². The van der Waals surface area contributed by atoms with Crippen molar-refractivity contribution in [2.24, 2.45) is 0 Å². The lowest BCUT2D eigenvalue weighted by Gasteiger charge is -2.14. The van der Waals surface area contributed by atoms with E-state index in [0.717, 1.165) is 12.1 Å². The second-order valence-electron chi connectivity index (χ2n) is 4.54. The van der Waals surface area contributed by atoms with Gasteiger partial charge in [-0.15, -0.1) is 0 Å². The minimum absolute atomic E-state index is 0.0913. The van der Waals surface area contributed by atoms with Crippen LogP contribution in [0.1, 0.15) is 25.5 Å². The molecule has 0 radical (unpaired) electrons. The molecule has 0 aliphatic carbocycles. The van der Waals surface area contributed by atoms with E-state index in [1.807, 2.05) is 0 Å². The lowest BCUT2D eigenvalue weighted by molar-refractivity contribution is -0.149. The Bertz CT molecular complexity index is 697. The third-order valence-corrected chi connectivity index (χ3v) is 3.79. The number of alkyl halides is 3. The highest BCUT2D eigenvalue weighted by Crippen LogP contribution is 2.41. The molecule has 2 rings (SSSR count). The van der Waals surface area contributed by atoms with E-state index in [1.54, 1.807) is 6.92 Å².